The summed E-state index contributed by atoms with van der Waals surface area (Å²) in [6.07, 6.45) is 4.22. The largest absolute Gasteiger partial charge is 0.481 e. The predicted octanol–water partition coefficient (Wildman–Crippen LogP) is 1.91. The van der Waals surface area contributed by atoms with Gasteiger partial charge in [-0.25, -0.2) is 0 Å². The van der Waals surface area contributed by atoms with Crippen LogP contribution in [0.3, 0.4) is 0 Å². The summed E-state index contributed by atoms with van der Waals surface area (Å²) in [5.74, 6) is -0.769. The van der Waals surface area contributed by atoms with Crippen LogP contribution in [0.1, 0.15) is 45.4 Å². The number of likely N-dealkylation sites (N-methyl/N-ethyl adjacent to an activating group) is 1. The standard InChI is InChI=1S/C14H25NO4/c1-3-19-9-8-15(2)12(16)10-14(11-13(17)18)6-4-5-7-14/h3-11H2,1-2H3,(H,17,18). The topological polar surface area (TPSA) is 66.8 Å². The zero-order valence-electron chi connectivity index (χ0n) is 12.0. The predicted molar refractivity (Wildman–Crippen MR) is 71.9 cm³/mol. The number of aliphatic carboxylic acids is 1. The van der Waals surface area contributed by atoms with E-state index in [9.17, 15) is 9.59 Å². The van der Waals surface area contributed by atoms with Gasteiger partial charge in [-0.3, -0.25) is 9.59 Å². The van der Waals surface area contributed by atoms with Gasteiger partial charge in [0.05, 0.1) is 13.0 Å². The molecule has 0 saturated heterocycles. The van der Waals surface area contributed by atoms with Gasteiger partial charge in [0.15, 0.2) is 0 Å². The van der Waals surface area contributed by atoms with Crippen molar-refractivity contribution in [1.82, 2.24) is 4.90 Å². The van der Waals surface area contributed by atoms with Crippen LogP contribution >= 0.6 is 0 Å². The maximum absolute atomic E-state index is 12.2. The monoisotopic (exact) mass is 271 g/mol. The molecule has 0 bridgehead atoms. The van der Waals surface area contributed by atoms with Gasteiger partial charge in [0.1, 0.15) is 0 Å². The molecule has 1 aliphatic carbocycles. The van der Waals surface area contributed by atoms with Crippen LogP contribution in [0.25, 0.3) is 0 Å². The van der Waals surface area contributed by atoms with Crippen molar-refractivity contribution in [3.05, 3.63) is 0 Å². The van der Waals surface area contributed by atoms with Gasteiger partial charge in [-0.15, -0.1) is 0 Å². The molecular formula is C14H25NO4. The van der Waals surface area contributed by atoms with Crippen LogP contribution in [0.5, 0.6) is 0 Å². The molecule has 1 amide bonds. The summed E-state index contributed by atoms with van der Waals surface area (Å²) in [7, 11) is 1.75. The first-order valence-electron chi connectivity index (χ1n) is 7.02. The number of hydrogen-bond acceptors (Lipinski definition) is 3. The van der Waals surface area contributed by atoms with Crippen molar-refractivity contribution in [1.29, 1.82) is 0 Å². The Morgan fingerprint density at radius 2 is 1.89 bits per heavy atom. The lowest BCUT2D eigenvalue weighted by Gasteiger charge is -2.29. The first kappa shape index (κ1) is 16.0. The minimum atomic E-state index is -0.799. The molecule has 0 aromatic rings. The van der Waals surface area contributed by atoms with E-state index < -0.39 is 5.97 Å². The minimum Gasteiger partial charge on any atom is -0.481 e. The molecule has 0 spiro atoms. The first-order chi connectivity index (χ1) is 8.99. The van der Waals surface area contributed by atoms with Crippen LogP contribution in [0.15, 0.2) is 0 Å². The van der Waals surface area contributed by atoms with Crippen molar-refractivity contribution in [3.63, 3.8) is 0 Å². The van der Waals surface area contributed by atoms with Crippen molar-refractivity contribution >= 4 is 11.9 Å². The van der Waals surface area contributed by atoms with Crippen molar-refractivity contribution in [2.75, 3.05) is 26.8 Å². The molecule has 1 saturated carbocycles. The lowest BCUT2D eigenvalue weighted by molar-refractivity contribution is -0.141. The molecular weight excluding hydrogens is 246 g/mol. The van der Waals surface area contributed by atoms with Crippen LogP contribution in [0, 0.1) is 5.41 Å². The number of rotatable bonds is 8. The number of amides is 1. The van der Waals surface area contributed by atoms with Gasteiger partial charge in [-0.1, -0.05) is 12.8 Å². The van der Waals surface area contributed by atoms with Crippen molar-refractivity contribution in [3.8, 4) is 0 Å². The second-order valence-electron chi connectivity index (χ2n) is 5.47. The van der Waals surface area contributed by atoms with Gasteiger partial charge in [-0.05, 0) is 25.2 Å². The van der Waals surface area contributed by atoms with E-state index in [0.717, 1.165) is 25.7 Å². The summed E-state index contributed by atoms with van der Waals surface area (Å²) in [5.41, 5.74) is -0.317. The fourth-order valence-electron chi connectivity index (χ4n) is 2.79. The van der Waals surface area contributed by atoms with E-state index in [0.29, 0.717) is 26.2 Å². The van der Waals surface area contributed by atoms with E-state index in [1.807, 2.05) is 6.92 Å². The fourth-order valence-corrected chi connectivity index (χ4v) is 2.79. The molecule has 110 valence electrons. The van der Waals surface area contributed by atoms with Crippen molar-refractivity contribution in [2.45, 2.75) is 45.4 Å². The first-order valence-corrected chi connectivity index (χ1v) is 7.02. The van der Waals surface area contributed by atoms with Gasteiger partial charge < -0.3 is 14.7 Å². The molecule has 0 aromatic carbocycles. The van der Waals surface area contributed by atoms with E-state index in [4.69, 9.17) is 9.84 Å². The van der Waals surface area contributed by atoms with Crippen molar-refractivity contribution < 1.29 is 19.4 Å². The Kier molecular flexibility index (Phi) is 6.28. The van der Waals surface area contributed by atoms with E-state index in [1.165, 1.54) is 0 Å². The summed E-state index contributed by atoms with van der Waals surface area (Å²) < 4.78 is 5.23. The molecule has 0 unspecified atom stereocenters. The molecule has 0 atom stereocenters. The fraction of sp³-hybridized carbons (Fsp3) is 0.857. The third-order valence-electron chi connectivity index (χ3n) is 3.92. The third-order valence-corrected chi connectivity index (χ3v) is 3.92. The van der Waals surface area contributed by atoms with Crippen LogP contribution < -0.4 is 0 Å². The molecule has 5 heteroatoms. The summed E-state index contributed by atoms with van der Waals surface area (Å²) in [6, 6.07) is 0. The van der Waals surface area contributed by atoms with Crippen LogP contribution in [0.4, 0.5) is 0 Å². The zero-order chi connectivity index (χ0) is 14.3. The van der Waals surface area contributed by atoms with Crippen molar-refractivity contribution in [2.24, 2.45) is 5.41 Å². The summed E-state index contributed by atoms with van der Waals surface area (Å²) in [4.78, 5) is 24.8. The number of hydrogen-bond donors (Lipinski definition) is 1. The Balaban J connectivity index is 2.49. The molecule has 5 nitrogen and oxygen atoms in total. The van der Waals surface area contributed by atoms with E-state index in [1.54, 1.807) is 11.9 Å². The number of carbonyl (C=O) groups excluding carboxylic acids is 1. The van der Waals surface area contributed by atoms with E-state index in [2.05, 4.69) is 0 Å². The molecule has 0 heterocycles. The Labute approximate surface area is 114 Å². The smallest absolute Gasteiger partial charge is 0.303 e. The van der Waals surface area contributed by atoms with Crippen LogP contribution in [-0.2, 0) is 14.3 Å². The molecule has 1 aliphatic rings. The highest BCUT2D eigenvalue weighted by Gasteiger charge is 2.38. The number of carboxylic acid groups (broad SMARTS) is 1. The Hall–Kier alpha value is -1.10. The molecule has 19 heavy (non-hydrogen) atoms. The molecule has 1 fully saturated rings. The molecule has 0 aromatic heterocycles. The highest BCUT2D eigenvalue weighted by atomic mass is 16.5. The van der Waals surface area contributed by atoms with Gasteiger partial charge in [-0.2, -0.15) is 0 Å². The van der Waals surface area contributed by atoms with E-state index in [-0.39, 0.29) is 17.7 Å². The molecule has 1 N–H and O–H groups in total. The van der Waals surface area contributed by atoms with Crippen LogP contribution in [0.2, 0.25) is 0 Å². The minimum absolute atomic E-state index is 0.0304. The average Bonchev–Trinajstić information content (AvgIpc) is 2.76. The third kappa shape index (κ3) is 5.19. The van der Waals surface area contributed by atoms with Crippen LogP contribution in [-0.4, -0.2) is 48.7 Å². The maximum Gasteiger partial charge on any atom is 0.303 e. The van der Waals surface area contributed by atoms with E-state index >= 15 is 0 Å². The van der Waals surface area contributed by atoms with Gasteiger partial charge in [0.2, 0.25) is 5.91 Å². The second-order valence-corrected chi connectivity index (χ2v) is 5.47. The summed E-state index contributed by atoms with van der Waals surface area (Å²) in [5, 5.41) is 9.02. The van der Waals surface area contributed by atoms with Gasteiger partial charge in [0.25, 0.3) is 0 Å². The average molecular weight is 271 g/mol. The summed E-state index contributed by atoms with van der Waals surface area (Å²) >= 11 is 0. The highest BCUT2D eigenvalue weighted by molar-refractivity contribution is 5.78. The molecule has 0 aliphatic heterocycles. The number of ether oxygens (including phenoxy) is 1. The second kappa shape index (κ2) is 7.48. The van der Waals surface area contributed by atoms with Gasteiger partial charge in [0, 0.05) is 26.6 Å². The quantitative estimate of drug-likeness (QED) is 0.685. The number of nitrogens with zero attached hydrogens (tertiary/aromatic N) is 1. The summed E-state index contributed by atoms with van der Waals surface area (Å²) in [6.45, 7) is 3.66. The number of carbonyl (C=O) groups is 2. The Morgan fingerprint density at radius 1 is 1.26 bits per heavy atom. The van der Waals surface area contributed by atoms with Gasteiger partial charge >= 0.3 is 5.97 Å². The zero-order valence-corrected chi connectivity index (χ0v) is 12.0. The Morgan fingerprint density at radius 3 is 2.42 bits per heavy atom. The highest BCUT2D eigenvalue weighted by Crippen LogP contribution is 2.44. The SMILES string of the molecule is CCOCCN(C)C(=O)CC1(CC(=O)O)CCCC1. The maximum atomic E-state index is 12.2. The molecule has 0 radical (unpaired) electrons. The Bertz CT molecular complexity index is 311. The number of carboxylic acids is 1. The normalized spacial score (nSPS) is 17.4. The lowest BCUT2D eigenvalue weighted by Crippen LogP contribution is -2.35. The molecule has 1 rings (SSSR count). The lowest BCUT2D eigenvalue weighted by atomic mass is 9.79.